The maximum Gasteiger partial charge on any atom is 0.339 e. The van der Waals surface area contributed by atoms with Gasteiger partial charge in [0.05, 0.1) is 30.3 Å². The maximum absolute atomic E-state index is 12.1. The summed E-state index contributed by atoms with van der Waals surface area (Å²) in [6, 6.07) is 7.01. The van der Waals surface area contributed by atoms with E-state index >= 15 is 0 Å². The maximum atomic E-state index is 12.1. The van der Waals surface area contributed by atoms with Crippen molar-refractivity contribution in [1.29, 1.82) is 5.26 Å². The van der Waals surface area contributed by atoms with Crippen LogP contribution in [-0.2, 0) is 9.53 Å². The van der Waals surface area contributed by atoms with Crippen molar-refractivity contribution in [2.24, 2.45) is 0 Å². The summed E-state index contributed by atoms with van der Waals surface area (Å²) in [5.74, 6) is -0.799. The van der Waals surface area contributed by atoms with Crippen molar-refractivity contribution in [3.05, 3.63) is 28.8 Å². The highest BCUT2D eigenvalue weighted by Gasteiger charge is 2.33. The van der Waals surface area contributed by atoms with Crippen LogP contribution in [0, 0.1) is 11.3 Å². The number of nitriles is 1. The van der Waals surface area contributed by atoms with E-state index in [1.807, 2.05) is 0 Å². The zero-order valence-corrected chi connectivity index (χ0v) is 14.3. The molecule has 2 N–H and O–H groups in total. The lowest BCUT2D eigenvalue weighted by atomic mass is 9.83. The van der Waals surface area contributed by atoms with Crippen LogP contribution in [0.25, 0.3) is 0 Å². The van der Waals surface area contributed by atoms with Gasteiger partial charge in [0.25, 0.3) is 0 Å². The molecule has 0 spiro atoms. The molecule has 0 bridgehead atoms. The number of carbonyl (C=O) groups is 2. The first-order valence-electron chi connectivity index (χ1n) is 7.84. The van der Waals surface area contributed by atoms with Crippen LogP contribution in [0.1, 0.15) is 42.5 Å². The third-order valence-electron chi connectivity index (χ3n) is 4.12. The van der Waals surface area contributed by atoms with Crippen LogP contribution in [0.5, 0.6) is 0 Å². The average Bonchev–Trinajstić information content (AvgIpc) is 2.61. The van der Waals surface area contributed by atoms with Crippen LogP contribution in [-0.4, -0.2) is 31.1 Å². The predicted octanol–water partition coefficient (Wildman–Crippen LogP) is 2.88. The number of hydrogen-bond donors (Lipinski definition) is 2. The summed E-state index contributed by atoms with van der Waals surface area (Å²) in [5, 5.41) is 15.4. The van der Waals surface area contributed by atoms with Crippen LogP contribution < -0.4 is 10.6 Å². The molecule has 0 aromatic heterocycles. The lowest BCUT2D eigenvalue weighted by molar-refractivity contribution is -0.121. The molecule has 1 fully saturated rings. The predicted molar refractivity (Wildman–Crippen MR) is 90.9 cm³/mol. The Morgan fingerprint density at radius 3 is 2.67 bits per heavy atom. The number of nitrogens with one attached hydrogen (secondary N) is 2. The topological polar surface area (TPSA) is 91.2 Å². The molecular weight excluding hydrogens is 330 g/mol. The summed E-state index contributed by atoms with van der Waals surface area (Å²) in [7, 11) is 1.28. The van der Waals surface area contributed by atoms with E-state index in [0.717, 1.165) is 19.3 Å². The third-order valence-corrected chi connectivity index (χ3v) is 4.45. The molecule has 7 heteroatoms. The zero-order chi connectivity index (χ0) is 17.6. The second-order valence-corrected chi connectivity index (χ2v) is 6.25. The average molecular weight is 350 g/mol. The Morgan fingerprint density at radius 1 is 1.33 bits per heavy atom. The van der Waals surface area contributed by atoms with Gasteiger partial charge < -0.3 is 15.4 Å². The minimum atomic E-state index is -0.756. The largest absolute Gasteiger partial charge is 0.465 e. The Morgan fingerprint density at radius 2 is 2.04 bits per heavy atom. The van der Waals surface area contributed by atoms with E-state index in [-0.39, 0.29) is 23.0 Å². The van der Waals surface area contributed by atoms with Crippen molar-refractivity contribution in [2.45, 2.75) is 37.6 Å². The normalized spacial score (nSPS) is 15.9. The van der Waals surface area contributed by atoms with Crippen LogP contribution >= 0.6 is 11.6 Å². The Balaban J connectivity index is 1.96. The number of anilines is 1. The molecule has 0 radical (unpaired) electrons. The van der Waals surface area contributed by atoms with Crippen molar-refractivity contribution in [1.82, 2.24) is 5.32 Å². The van der Waals surface area contributed by atoms with Crippen LogP contribution in [0.15, 0.2) is 18.2 Å². The molecule has 1 amide bonds. The van der Waals surface area contributed by atoms with Gasteiger partial charge in [0.15, 0.2) is 0 Å². The van der Waals surface area contributed by atoms with E-state index in [1.165, 1.54) is 13.2 Å². The highest BCUT2D eigenvalue weighted by atomic mass is 35.5. The van der Waals surface area contributed by atoms with E-state index in [2.05, 4.69) is 21.4 Å². The van der Waals surface area contributed by atoms with Crippen molar-refractivity contribution < 1.29 is 14.3 Å². The van der Waals surface area contributed by atoms with E-state index in [0.29, 0.717) is 18.5 Å². The highest BCUT2D eigenvalue weighted by molar-refractivity contribution is 6.33. The SMILES string of the molecule is COC(=O)c1cc(NCC(=O)NC2(C#N)CCCCC2)ccc1Cl. The standard InChI is InChI=1S/C17H20ClN3O3/c1-24-16(23)13-9-12(5-6-14(13)18)20-10-15(22)21-17(11-19)7-3-2-4-8-17/h5-6,9,20H,2-4,7-8,10H2,1H3,(H,21,22). The van der Waals surface area contributed by atoms with E-state index in [9.17, 15) is 14.9 Å². The van der Waals surface area contributed by atoms with Gasteiger partial charge in [0.1, 0.15) is 5.54 Å². The quantitative estimate of drug-likeness (QED) is 0.797. The molecule has 1 aromatic rings. The van der Waals surface area contributed by atoms with Crippen molar-refractivity contribution in [2.75, 3.05) is 19.0 Å². The summed E-state index contributed by atoms with van der Waals surface area (Å²) in [5.41, 5.74) is 0.0451. The minimum absolute atomic E-state index is 0.00563. The molecule has 1 aliphatic carbocycles. The first kappa shape index (κ1) is 18.1. The first-order chi connectivity index (χ1) is 11.5. The minimum Gasteiger partial charge on any atom is -0.465 e. The molecule has 0 unspecified atom stereocenters. The first-order valence-corrected chi connectivity index (χ1v) is 8.21. The number of hydrogen-bond acceptors (Lipinski definition) is 5. The fourth-order valence-electron chi connectivity index (χ4n) is 2.82. The molecule has 1 aliphatic rings. The lowest BCUT2D eigenvalue weighted by Gasteiger charge is -2.31. The summed E-state index contributed by atoms with van der Waals surface area (Å²) in [6.45, 7) is 0.00563. The molecule has 0 saturated heterocycles. The molecule has 0 atom stereocenters. The molecule has 0 heterocycles. The van der Waals surface area contributed by atoms with Crippen molar-refractivity contribution >= 4 is 29.2 Å². The lowest BCUT2D eigenvalue weighted by Crippen LogP contribution is -2.50. The number of nitrogens with zero attached hydrogens (tertiary/aromatic N) is 1. The summed E-state index contributed by atoms with van der Waals surface area (Å²) < 4.78 is 4.66. The van der Waals surface area contributed by atoms with Crippen LogP contribution in [0.3, 0.4) is 0 Å². The number of amides is 1. The van der Waals surface area contributed by atoms with Gasteiger partial charge in [-0.15, -0.1) is 0 Å². The monoisotopic (exact) mass is 349 g/mol. The molecule has 6 nitrogen and oxygen atoms in total. The van der Waals surface area contributed by atoms with Crippen molar-refractivity contribution in [3.8, 4) is 6.07 Å². The highest BCUT2D eigenvalue weighted by Crippen LogP contribution is 2.27. The summed E-state index contributed by atoms with van der Waals surface area (Å²) in [4.78, 5) is 23.8. The third kappa shape index (κ3) is 4.39. The van der Waals surface area contributed by atoms with Gasteiger partial charge >= 0.3 is 5.97 Å². The van der Waals surface area contributed by atoms with Crippen LogP contribution in [0.4, 0.5) is 5.69 Å². The van der Waals surface area contributed by atoms with E-state index in [1.54, 1.807) is 12.1 Å². The Bertz CT molecular complexity index is 664. The second kappa shape index (κ2) is 8.02. The fraction of sp³-hybridized carbons (Fsp3) is 0.471. The summed E-state index contributed by atoms with van der Waals surface area (Å²) in [6.07, 6.45) is 4.35. The van der Waals surface area contributed by atoms with Crippen molar-refractivity contribution in [3.63, 3.8) is 0 Å². The molecule has 128 valence electrons. The number of carbonyl (C=O) groups excluding carboxylic acids is 2. The molecule has 24 heavy (non-hydrogen) atoms. The van der Waals surface area contributed by atoms with Gasteiger partial charge in [-0.1, -0.05) is 30.9 Å². The summed E-state index contributed by atoms with van der Waals surface area (Å²) >= 11 is 5.95. The molecule has 2 rings (SSSR count). The Kier molecular flexibility index (Phi) is 6.04. The second-order valence-electron chi connectivity index (χ2n) is 5.84. The van der Waals surface area contributed by atoms with Gasteiger partial charge in [-0.25, -0.2) is 4.79 Å². The number of methoxy groups -OCH3 is 1. The molecule has 1 saturated carbocycles. The van der Waals surface area contributed by atoms with E-state index in [4.69, 9.17) is 11.6 Å². The van der Waals surface area contributed by atoms with Gasteiger partial charge in [-0.05, 0) is 31.0 Å². The number of benzene rings is 1. The number of esters is 1. The zero-order valence-electron chi connectivity index (χ0n) is 13.5. The van der Waals surface area contributed by atoms with Gasteiger partial charge in [0, 0.05) is 5.69 Å². The Hall–Kier alpha value is -2.26. The fourth-order valence-corrected chi connectivity index (χ4v) is 3.01. The number of ether oxygens (including phenoxy) is 1. The van der Waals surface area contributed by atoms with E-state index < -0.39 is 11.5 Å². The van der Waals surface area contributed by atoms with Crippen LogP contribution in [0.2, 0.25) is 5.02 Å². The molecule has 1 aromatic carbocycles. The van der Waals surface area contributed by atoms with Gasteiger partial charge in [0.2, 0.25) is 5.91 Å². The van der Waals surface area contributed by atoms with Gasteiger partial charge in [-0.3, -0.25) is 4.79 Å². The molecular formula is C17H20ClN3O3. The van der Waals surface area contributed by atoms with Gasteiger partial charge in [-0.2, -0.15) is 5.26 Å². The number of halogens is 1. The number of rotatable bonds is 5. The smallest absolute Gasteiger partial charge is 0.339 e. The Labute approximate surface area is 146 Å². The molecule has 0 aliphatic heterocycles.